The van der Waals surface area contributed by atoms with Crippen LogP contribution in [0.4, 0.5) is 0 Å². The Balaban J connectivity index is 1.83. The quantitative estimate of drug-likeness (QED) is 0.520. The number of ether oxygens (including phenoxy) is 1. The van der Waals surface area contributed by atoms with E-state index in [1.54, 1.807) is 19.2 Å². The van der Waals surface area contributed by atoms with Crippen molar-refractivity contribution in [1.82, 2.24) is 14.8 Å². The zero-order valence-corrected chi connectivity index (χ0v) is 15.7. The molecule has 0 aliphatic heterocycles. The lowest BCUT2D eigenvalue weighted by molar-refractivity contribution is 0.0602. The van der Waals surface area contributed by atoms with Crippen LogP contribution in [0.15, 0.2) is 36.7 Å². The molecular formula is C22H21N3O2. The summed E-state index contributed by atoms with van der Waals surface area (Å²) in [6, 6.07) is 7.67. The molecule has 0 radical (unpaired) electrons. The third-order valence-corrected chi connectivity index (χ3v) is 5.08. The molecule has 1 unspecified atom stereocenters. The van der Waals surface area contributed by atoms with E-state index < -0.39 is 0 Å². The number of fused-ring (bicyclic) bond motifs is 1. The molecule has 27 heavy (non-hydrogen) atoms. The zero-order valence-electron chi connectivity index (χ0n) is 15.7. The van der Waals surface area contributed by atoms with Crippen molar-refractivity contribution in [2.45, 2.75) is 38.6 Å². The van der Waals surface area contributed by atoms with E-state index in [1.165, 1.54) is 25.5 Å². The largest absolute Gasteiger partial charge is 0.465 e. The number of hydrogen-bond donors (Lipinski definition) is 0. The highest BCUT2D eigenvalue weighted by Gasteiger charge is 2.25. The van der Waals surface area contributed by atoms with E-state index in [1.807, 2.05) is 23.9 Å². The number of hydrogen-bond acceptors (Lipinski definition) is 4. The first kappa shape index (κ1) is 17.3. The van der Waals surface area contributed by atoms with Gasteiger partial charge in [-0.1, -0.05) is 12.0 Å². The van der Waals surface area contributed by atoms with Gasteiger partial charge in [0.05, 0.1) is 36.1 Å². The third kappa shape index (κ3) is 3.08. The van der Waals surface area contributed by atoms with E-state index in [0.29, 0.717) is 11.5 Å². The first-order chi connectivity index (χ1) is 13.1. The predicted octanol–water partition coefficient (Wildman–Crippen LogP) is 4.08. The predicted molar refractivity (Wildman–Crippen MR) is 104 cm³/mol. The summed E-state index contributed by atoms with van der Waals surface area (Å²) in [5.41, 5.74) is 4.26. The van der Waals surface area contributed by atoms with Gasteiger partial charge < -0.3 is 4.74 Å². The van der Waals surface area contributed by atoms with Crippen LogP contribution in [0.5, 0.6) is 0 Å². The first-order valence-corrected chi connectivity index (χ1v) is 9.11. The molecule has 1 saturated carbocycles. The maximum atomic E-state index is 12.3. The molecule has 0 saturated heterocycles. The van der Waals surface area contributed by atoms with Gasteiger partial charge in [-0.3, -0.25) is 9.67 Å². The van der Waals surface area contributed by atoms with Crippen LogP contribution in [0, 0.1) is 11.8 Å². The van der Waals surface area contributed by atoms with Gasteiger partial charge in [0.1, 0.15) is 0 Å². The van der Waals surface area contributed by atoms with E-state index in [9.17, 15) is 4.79 Å². The molecule has 1 aliphatic carbocycles. The molecular weight excluding hydrogens is 338 g/mol. The Labute approximate surface area is 158 Å². The standard InChI is InChI=1S/C22H21N3O2/c1-4-5-16-8-10-18(22(26)27-3)21-19(16)13-24-25(21)14(2)20-11-9-17(12-23-20)15-6-7-15/h8-15H,6-7H2,1-3H3. The van der Waals surface area contributed by atoms with Gasteiger partial charge in [-0.2, -0.15) is 5.10 Å². The molecule has 1 aliphatic rings. The van der Waals surface area contributed by atoms with Gasteiger partial charge in [0.15, 0.2) is 0 Å². The van der Waals surface area contributed by atoms with Crippen LogP contribution in [0.1, 0.15) is 65.8 Å². The van der Waals surface area contributed by atoms with Crippen LogP contribution < -0.4 is 0 Å². The highest BCUT2D eigenvalue weighted by atomic mass is 16.5. The van der Waals surface area contributed by atoms with Crippen LogP contribution in [-0.2, 0) is 4.74 Å². The highest BCUT2D eigenvalue weighted by molar-refractivity contribution is 6.04. The molecule has 2 heterocycles. The maximum absolute atomic E-state index is 12.3. The molecule has 0 N–H and O–H groups in total. The first-order valence-electron chi connectivity index (χ1n) is 9.11. The average Bonchev–Trinajstić information content (AvgIpc) is 3.46. The lowest BCUT2D eigenvalue weighted by Gasteiger charge is -2.15. The van der Waals surface area contributed by atoms with Crippen molar-refractivity contribution in [2.24, 2.45) is 0 Å². The fourth-order valence-electron chi connectivity index (χ4n) is 3.42. The number of pyridine rings is 1. The summed E-state index contributed by atoms with van der Waals surface area (Å²) in [6.07, 6.45) is 6.23. The lowest BCUT2D eigenvalue weighted by atomic mass is 10.0. The summed E-state index contributed by atoms with van der Waals surface area (Å²) >= 11 is 0. The number of aromatic nitrogens is 3. The normalized spacial score (nSPS) is 14.5. The smallest absolute Gasteiger partial charge is 0.340 e. The number of rotatable bonds is 4. The Bertz CT molecular complexity index is 1070. The second kappa shape index (κ2) is 6.88. The molecule has 1 aromatic carbocycles. The molecule has 1 atom stereocenters. The van der Waals surface area contributed by atoms with Gasteiger partial charge in [0.25, 0.3) is 0 Å². The molecule has 5 heteroatoms. The van der Waals surface area contributed by atoms with Crippen molar-refractivity contribution in [3.8, 4) is 11.8 Å². The zero-order chi connectivity index (χ0) is 19.0. The number of esters is 1. The summed E-state index contributed by atoms with van der Waals surface area (Å²) in [5, 5.41) is 5.40. The van der Waals surface area contributed by atoms with Crippen molar-refractivity contribution in [3.63, 3.8) is 0 Å². The Kier molecular flexibility index (Phi) is 4.41. The van der Waals surface area contributed by atoms with Crippen molar-refractivity contribution in [3.05, 3.63) is 59.0 Å². The van der Waals surface area contributed by atoms with Gasteiger partial charge in [0.2, 0.25) is 0 Å². The summed E-state index contributed by atoms with van der Waals surface area (Å²) in [6.45, 7) is 3.82. The Morgan fingerprint density at radius 1 is 1.26 bits per heavy atom. The fourth-order valence-corrected chi connectivity index (χ4v) is 3.42. The van der Waals surface area contributed by atoms with Crippen molar-refractivity contribution >= 4 is 16.9 Å². The minimum Gasteiger partial charge on any atom is -0.465 e. The Morgan fingerprint density at radius 2 is 2.07 bits per heavy atom. The molecule has 1 fully saturated rings. The summed E-state index contributed by atoms with van der Waals surface area (Å²) < 4.78 is 6.81. The van der Waals surface area contributed by atoms with Crippen LogP contribution >= 0.6 is 0 Å². The second-order valence-electron chi connectivity index (χ2n) is 6.85. The Morgan fingerprint density at radius 3 is 2.70 bits per heavy atom. The molecule has 3 aromatic rings. The van der Waals surface area contributed by atoms with Crippen molar-refractivity contribution in [2.75, 3.05) is 7.11 Å². The number of carbonyl (C=O) groups excluding carboxylic acids is 1. The summed E-state index contributed by atoms with van der Waals surface area (Å²) in [4.78, 5) is 17.0. The molecule has 0 spiro atoms. The molecule has 5 nitrogen and oxygen atoms in total. The Hall–Kier alpha value is -3.13. The third-order valence-electron chi connectivity index (χ3n) is 5.08. The minimum absolute atomic E-state index is 0.121. The maximum Gasteiger partial charge on any atom is 0.340 e. The lowest BCUT2D eigenvalue weighted by Crippen LogP contribution is -2.13. The molecule has 136 valence electrons. The molecule has 2 aromatic heterocycles. The summed E-state index contributed by atoms with van der Waals surface area (Å²) in [7, 11) is 1.39. The molecule has 4 rings (SSSR count). The highest BCUT2D eigenvalue weighted by Crippen LogP contribution is 2.39. The SMILES string of the molecule is CC#Cc1ccc(C(=O)OC)c2c1cnn2C(C)c1ccc(C2CC2)cn1. The second-order valence-corrected chi connectivity index (χ2v) is 6.85. The number of benzene rings is 1. The average molecular weight is 359 g/mol. The van der Waals surface area contributed by atoms with E-state index in [-0.39, 0.29) is 12.0 Å². The number of methoxy groups -OCH3 is 1. The van der Waals surface area contributed by atoms with Gasteiger partial charge in [-0.25, -0.2) is 4.79 Å². The number of nitrogens with zero attached hydrogens (tertiary/aromatic N) is 3. The van der Waals surface area contributed by atoms with E-state index in [4.69, 9.17) is 4.74 Å². The van der Waals surface area contributed by atoms with Gasteiger partial charge in [-0.05, 0) is 56.4 Å². The number of carbonyl (C=O) groups is 1. The van der Waals surface area contributed by atoms with Gasteiger partial charge in [0, 0.05) is 17.1 Å². The van der Waals surface area contributed by atoms with Gasteiger partial charge >= 0.3 is 5.97 Å². The molecule has 0 bridgehead atoms. The van der Waals surface area contributed by atoms with Gasteiger partial charge in [-0.15, -0.1) is 5.92 Å². The van der Waals surface area contributed by atoms with E-state index in [2.05, 4.69) is 34.1 Å². The van der Waals surface area contributed by atoms with Crippen molar-refractivity contribution < 1.29 is 9.53 Å². The molecule has 0 amide bonds. The summed E-state index contributed by atoms with van der Waals surface area (Å²) in [5.74, 6) is 6.29. The minimum atomic E-state index is -0.387. The van der Waals surface area contributed by atoms with Crippen molar-refractivity contribution in [1.29, 1.82) is 0 Å². The van der Waals surface area contributed by atoms with Crippen LogP contribution in [-0.4, -0.2) is 27.8 Å². The van der Waals surface area contributed by atoms with Crippen LogP contribution in [0.3, 0.4) is 0 Å². The fraction of sp³-hybridized carbons (Fsp3) is 0.318. The van der Waals surface area contributed by atoms with Crippen LogP contribution in [0.2, 0.25) is 0 Å². The van der Waals surface area contributed by atoms with Crippen LogP contribution in [0.25, 0.3) is 10.9 Å². The van der Waals surface area contributed by atoms with E-state index >= 15 is 0 Å². The van der Waals surface area contributed by atoms with E-state index in [0.717, 1.165) is 22.2 Å². The topological polar surface area (TPSA) is 57.0 Å². The monoisotopic (exact) mass is 359 g/mol.